The molecule has 78 valence electrons. The summed E-state index contributed by atoms with van der Waals surface area (Å²) in [6.07, 6.45) is 1.73. The molecule has 0 saturated heterocycles. The molecule has 15 heavy (non-hydrogen) atoms. The van der Waals surface area contributed by atoms with E-state index in [1.165, 1.54) is 6.07 Å². The number of benzene rings is 1. The van der Waals surface area contributed by atoms with Gasteiger partial charge in [-0.1, -0.05) is 12.1 Å². The Morgan fingerprint density at radius 1 is 1.27 bits per heavy atom. The van der Waals surface area contributed by atoms with Gasteiger partial charge in [0.1, 0.15) is 3.70 Å². The number of nitrogens with zero attached hydrogens (tertiary/aromatic N) is 2. The Balaban J connectivity index is 2.28. The van der Waals surface area contributed by atoms with Crippen LogP contribution in [0.2, 0.25) is 0 Å². The molecule has 2 rings (SSSR count). The third-order valence-corrected chi connectivity index (χ3v) is 2.55. The molecule has 0 atom stereocenters. The largest absolute Gasteiger partial charge is 0.267 e. The molecule has 0 fully saturated rings. The van der Waals surface area contributed by atoms with E-state index in [1.807, 2.05) is 0 Å². The average molecular weight is 320 g/mol. The van der Waals surface area contributed by atoms with E-state index in [0.29, 0.717) is 5.56 Å². The van der Waals surface area contributed by atoms with Crippen LogP contribution in [0.5, 0.6) is 0 Å². The first-order valence-electron chi connectivity index (χ1n) is 4.28. The second-order valence-electron chi connectivity index (χ2n) is 3.05. The smallest absolute Gasteiger partial charge is 0.163 e. The van der Waals surface area contributed by atoms with Crippen molar-refractivity contribution in [2.45, 2.75) is 6.54 Å². The third-order valence-electron chi connectivity index (χ3n) is 1.97. The molecule has 0 N–H and O–H groups in total. The Kier molecular flexibility index (Phi) is 2.99. The summed E-state index contributed by atoms with van der Waals surface area (Å²) in [4.78, 5) is 0. The summed E-state index contributed by atoms with van der Waals surface area (Å²) in [6, 6.07) is 5.94. The fourth-order valence-corrected chi connectivity index (χ4v) is 1.71. The molecule has 0 radical (unpaired) electrons. The first-order chi connectivity index (χ1) is 7.16. The minimum Gasteiger partial charge on any atom is -0.267 e. The van der Waals surface area contributed by atoms with Crippen LogP contribution in [0.25, 0.3) is 0 Å². The van der Waals surface area contributed by atoms with Gasteiger partial charge < -0.3 is 0 Å². The van der Waals surface area contributed by atoms with Gasteiger partial charge in [0.15, 0.2) is 11.6 Å². The number of aromatic nitrogens is 2. The van der Waals surface area contributed by atoms with E-state index >= 15 is 0 Å². The van der Waals surface area contributed by atoms with Gasteiger partial charge in [0.2, 0.25) is 0 Å². The lowest BCUT2D eigenvalue weighted by atomic mass is 10.2. The molecule has 0 aliphatic heterocycles. The quantitative estimate of drug-likeness (QED) is 0.778. The molecule has 0 amide bonds. The molecule has 5 heteroatoms. The predicted molar refractivity (Wildman–Crippen MR) is 60.4 cm³/mol. The van der Waals surface area contributed by atoms with Gasteiger partial charge in [-0.25, -0.2) is 8.78 Å². The normalized spacial score (nSPS) is 10.6. The summed E-state index contributed by atoms with van der Waals surface area (Å²) in [7, 11) is 0. The number of halogens is 3. The highest BCUT2D eigenvalue weighted by molar-refractivity contribution is 14.1. The van der Waals surface area contributed by atoms with Crippen LogP contribution < -0.4 is 0 Å². The van der Waals surface area contributed by atoms with Crippen molar-refractivity contribution in [3.05, 3.63) is 51.4 Å². The Labute approximate surface area is 99.1 Å². The Hall–Kier alpha value is -0.980. The van der Waals surface area contributed by atoms with E-state index in [2.05, 4.69) is 27.7 Å². The van der Waals surface area contributed by atoms with Crippen LogP contribution in [-0.4, -0.2) is 9.78 Å². The zero-order valence-corrected chi connectivity index (χ0v) is 9.78. The van der Waals surface area contributed by atoms with Crippen LogP contribution in [0, 0.1) is 15.3 Å². The summed E-state index contributed by atoms with van der Waals surface area (Å²) in [5, 5.41) is 4.09. The highest BCUT2D eigenvalue weighted by Crippen LogP contribution is 2.12. The second-order valence-corrected chi connectivity index (χ2v) is 4.15. The van der Waals surface area contributed by atoms with Crippen molar-refractivity contribution in [1.82, 2.24) is 9.78 Å². The number of hydrogen-bond acceptors (Lipinski definition) is 1. The van der Waals surface area contributed by atoms with Crippen molar-refractivity contribution in [3.63, 3.8) is 0 Å². The van der Waals surface area contributed by atoms with Crippen molar-refractivity contribution in [2.75, 3.05) is 0 Å². The summed E-state index contributed by atoms with van der Waals surface area (Å²) in [6.45, 7) is 0.243. The standard InChI is InChI=1S/C10H7F2IN2/c11-8-3-1-2-7(10(8)12)6-15-5-4-9(13)14-15/h1-5H,6H2. The van der Waals surface area contributed by atoms with Gasteiger partial charge in [0.05, 0.1) is 6.54 Å². The van der Waals surface area contributed by atoms with Crippen LogP contribution in [0.1, 0.15) is 5.56 Å². The Morgan fingerprint density at radius 3 is 2.73 bits per heavy atom. The monoisotopic (exact) mass is 320 g/mol. The highest BCUT2D eigenvalue weighted by atomic mass is 127. The number of hydrogen-bond donors (Lipinski definition) is 0. The maximum Gasteiger partial charge on any atom is 0.163 e. The van der Waals surface area contributed by atoms with Crippen LogP contribution in [0.4, 0.5) is 8.78 Å². The topological polar surface area (TPSA) is 17.8 Å². The maximum absolute atomic E-state index is 13.3. The Morgan fingerprint density at radius 2 is 2.07 bits per heavy atom. The molecule has 0 unspecified atom stereocenters. The SMILES string of the molecule is Fc1cccc(Cn2ccc(I)n2)c1F. The van der Waals surface area contributed by atoms with Gasteiger partial charge in [-0.3, -0.25) is 4.68 Å². The zero-order chi connectivity index (χ0) is 10.8. The summed E-state index contributed by atoms with van der Waals surface area (Å²) in [5.74, 6) is -1.63. The maximum atomic E-state index is 13.3. The van der Waals surface area contributed by atoms with Crippen LogP contribution in [0.3, 0.4) is 0 Å². The van der Waals surface area contributed by atoms with Gasteiger partial charge in [0, 0.05) is 11.8 Å². The predicted octanol–water partition coefficient (Wildman–Crippen LogP) is 2.81. The molecule has 0 spiro atoms. The number of rotatable bonds is 2. The fourth-order valence-electron chi connectivity index (χ4n) is 1.27. The first-order valence-corrected chi connectivity index (χ1v) is 5.36. The van der Waals surface area contributed by atoms with Crippen molar-refractivity contribution < 1.29 is 8.78 Å². The van der Waals surface area contributed by atoms with Crippen LogP contribution >= 0.6 is 22.6 Å². The van der Waals surface area contributed by atoms with E-state index in [1.54, 1.807) is 23.0 Å². The van der Waals surface area contributed by atoms with Crippen molar-refractivity contribution in [1.29, 1.82) is 0 Å². The minimum atomic E-state index is -0.825. The summed E-state index contributed by atoms with van der Waals surface area (Å²) < 4.78 is 28.5. The van der Waals surface area contributed by atoms with Gasteiger partial charge >= 0.3 is 0 Å². The van der Waals surface area contributed by atoms with Gasteiger partial charge in [-0.15, -0.1) is 0 Å². The van der Waals surface area contributed by atoms with E-state index in [0.717, 1.165) is 9.77 Å². The lowest BCUT2D eigenvalue weighted by Gasteiger charge is -2.03. The van der Waals surface area contributed by atoms with Gasteiger partial charge in [0.25, 0.3) is 0 Å². The van der Waals surface area contributed by atoms with E-state index in [9.17, 15) is 8.78 Å². The fraction of sp³-hybridized carbons (Fsp3) is 0.100. The van der Waals surface area contributed by atoms with Crippen molar-refractivity contribution in [2.24, 2.45) is 0 Å². The van der Waals surface area contributed by atoms with E-state index in [-0.39, 0.29) is 6.54 Å². The summed E-state index contributed by atoms with van der Waals surface area (Å²) >= 11 is 2.06. The van der Waals surface area contributed by atoms with Gasteiger partial charge in [-0.2, -0.15) is 5.10 Å². The Bertz CT molecular complexity index is 482. The zero-order valence-electron chi connectivity index (χ0n) is 7.62. The van der Waals surface area contributed by atoms with Crippen LogP contribution in [-0.2, 0) is 6.54 Å². The van der Waals surface area contributed by atoms with Crippen molar-refractivity contribution in [3.8, 4) is 0 Å². The van der Waals surface area contributed by atoms with Gasteiger partial charge in [-0.05, 0) is 34.7 Å². The van der Waals surface area contributed by atoms with E-state index < -0.39 is 11.6 Å². The first kappa shape index (κ1) is 10.5. The molecule has 0 aliphatic carbocycles. The molecule has 0 saturated carbocycles. The van der Waals surface area contributed by atoms with Crippen LogP contribution in [0.15, 0.2) is 30.5 Å². The molecule has 2 nitrogen and oxygen atoms in total. The van der Waals surface area contributed by atoms with E-state index in [4.69, 9.17) is 0 Å². The summed E-state index contributed by atoms with van der Waals surface area (Å²) in [5.41, 5.74) is 0.300. The highest BCUT2D eigenvalue weighted by Gasteiger charge is 2.08. The molecule has 1 aromatic carbocycles. The lowest BCUT2D eigenvalue weighted by Crippen LogP contribution is -2.03. The third kappa shape index (κ3) is 2.34. The molecular weight excluding hydrogens is 313 g/mol. The molecular formula is C10H7F2IN2. The molecule has 2 aromatic rings. The average Bonchev–Trinajstić information content (AvgIpc) is 2.59. The minimum absolute atomic E-state index is 0.243. The van der Waals surface area contributed by atoms with Crippen molar-refractivity contribution >= 4 is 22.6 Å². The molecule has 1 aromatic heterocycles. The lowest BCUT2D eigenvalue weighted by molar-refractivity contribution is 0.491. The molecule has 0 bridgehead atoms. The second kappa shape index (κ2) is 4.26. The molecule has 1 heterocycles. The molecule has 0 aliphatic rings.